The number of nitrogens with two attached hydrogens (primary N) is 1. The third-order valence-electron chi connectivity index (χ3n) is 9.00. The fraction of sp³-hybridized carbons (Fsp3) is 0.516. The Morgan fingerprint density at radius 2 is 2.16 bits per heavy atom. The average molecular weight is 631 g/mol. The van der Waals surface area contributed by atoms with Gasteiger partial charge in [-0.05, 0) is 72.5 Å². The monoisotopic (exact) mass is 630 g/mol. The summed E-state index contributed by atoms with van der Waals surface area (Å²) >= 11 is 1.46. The summed E-state index contributed by atoms with van der Waals surface area (Å²) in [6, 6.07) is 6.13. The van der Waals surface area contributed by atoms with Crippen LogP contribution in [-0.4, -0.2) is 80.0 Å². The zero-order chi connectivity index (χ0) is 31.9. The van der Waals surface area contributed by atoms with Gasteiger partial charge in [0.05, 0.1) is 16.7 Å². The van der Waals surface area contributed by atoms with Crippen LogP contribution in [0.3, 0.4) is 0 Å². The molecule has 0 spiro atoms. The normalized spacial score (nSPS) is 20.5. The van der Waals surface area contributed by atoms with Crippen molar-refractivity contribution >= 4 is 28.1 Å². The molecule has 1 aliphatic carbocycles. The van der Waals surface area contributed by atoms with Crippen LogP contribution < -0.4 is 15.4 Å². The fourth-order valence-electron chi connectivity index (χ4n) is 6.46. The summed E-state index contributed by atoms with van der Waals surface area (Å²) in [6.45, 7) is 7.34. The van der Waals surface area contributed by atoms with Crippen molar-refractivity contribution in [3.8, 4) is 23.6 Å². The summed E-state index contributed by atoms with van der Waals surface area (Å²) in [7, 11) is 3.97. The maximum Gasteiger partial charge on any atom is 0.248 e. The first-order valence-electron chi connectivity index (χ1n) is 15.3. The number of carbonyl (C=O) groups is 1. The molecule has 13 nitrogen and oxygen atoms in total. The average Bonchev–Trinajstić information content (AvgIpc) is 3.82. The molecule has 6 rings (SSSR count). The molecular weight excluding hydrogens is 592 g/mol. The highest BCUT2D eigenvalue weighted by molar-refractivity contribution is 7.16. The van der Waals surface area contributed by atoms with Crippen LogP contribution in [0.1, 0.15) is 78.3 Å². The second-order valence-corrected chi connectivity index (χ2v) is 13.4. The number of hydrogen-bond acceptors (Lipinski definition) is 13. The van der Waals surface area contributed by atoms with Gasteiger partial charge in [-0.25, -0.2) is 9.67 Å². The summed E-state index contributed by atoms with van der Waals surface area (Å²) in [5.74, 6) is 1.68. The lowest BCUT2D eigenvalue weighted by Crippen LogP contribution is -2.38. The van der Waals surface area contributed by atoms with E-state index in [1.807, 2.05) is 25.8 Å². The fourth-order valence-corrected chi connectivity index (χ4v) is 7.65. The van der Waals surface area contributed by atoms with Crippen molar-refractivity contribution in [3.63, 3.8) is 0 Å². The molecule has 0 aromatic carbocycles. The maximum atomic E-state index is 12.7. The smallest absolute Gasteiger partial charge is 0.248 e. The second kappa shape index (κ2) is 12.2. The second-order valence-electron chi connectivity index (χ2n) is 12.2. The molecule has 5 heterocycles. The maximum absolute atomic E-state index is 12.7. The molecule has 4 aromatic heterocycles. The van der Waals surface area contributed by atoms with Gasteiger partial charge in [-0.1, -0.05) is 5.16 Å². The van der Waals surface area contributed by atoms with Crippen molar-refractivity contribution in [3.05, 3.63) is 45.9 Å². The Labute approximate surface area is 266 Å². The van der Waals surface area contributed by atoms with E-state index in [0.717, 1.165) is 54.8 Å². The van der Waals surface area contributed by atoms with E-state index in [2.05, 4.69) is 35.2 Å². The van der Waals surface area contributed by atoms with Crippen LogP contribution in [0.4, 0.5) is 10.8 Å². The predicted octanol–water partition coefficient (Wildman–Crippen LogP) is 4.22. The van der Waals surface area contributed by atoms with Crippen molar-refractivity contribution < 1.29 is 14.1 Å². The minimum Gasteiger partial charge on any atom is -0.473 e. The van der Waals surface area contributed by atoms with E-state index < -0.39 is 5.41 Å². The summed E-state index contributed by atoms with van der Waals surface area (Å²) in [5, 5.41) is 18.9. The highest BCUT2D eigenvalue weighted by Gasteiger charge is 2.43. The van der Waals surface area contributed by atoms with Gasteiger partial charge in [0.25, 0.3) is 0 Å². The Kier molecular flexibility index (Phi) is 8.32. The molecule has 0 amide bonds. The van der Waals surface area contributed by atoms with Crippen molar-refractivity contribution in [1.82, 2.24) is 34.8 Å². The van der Waals surface area contributed by atoms with Crippen LogP contribution in [0.5, 0.6) is 5.88 Å². The molecule has 4 aromatic rings. The number of carbonyl (C=O) groups excluding carboxylic acids is 1. The first-order valence-corrected chi connectivity index (χ1v) is 16.1. The van der Waals surface area contributed by atoms with Crippen molar-refractivity contribution in [2.75, 3.05) is 37.8 Å². The van der Waals surface area contributed by atoms with E-state index >= 15 is 0 Å². The molecule has 3 atom stereocenters. The van der Waals surface area contributed by atoms with Gasteiger partial charge >= 0.3 is 0 Å². The summed E-state index contributed by atoms with van der Waals surface area (Å²) in [6.07, 6.45) is 6.46. The first kappa shape index (κ1) is 30.7. The van der Waals surface area contributed by atoms with Gasteiger partial charge in [-0.15, -0.1) is 11.3 Å². The highest BCUT2D eigenvalue weighted by Crippen LogP contribution is 2.48. The summed E-state index contributed by atoms with van der Waals surface area (Å²) in [5.41, 5.74) is 7.69. The molecule has 45 heavy (non-hydrogen) atoms. The molecule has 1 fully saturated rings. The van der Waals surface area contributed by atoms with Gasteiger partial charge in [-0.3, -0.25) is 9.69 Å². The van der Waals surface area contributed by atoms with Gasteiger partial charge in [-0.2, -0.15) is 20.3 Å². The summed E-state index contributed by atoms with van der Waals surface area (Å²) < 4.78 is 13.6. The zero-order valence-corrected chi connectivity index (χ0v) is 27.1. The molecule has 0 radical (unpaired) electrons. The van der Waals surface area contributed by atoms with E-state index in [1.54, 1.807) is 18.3 Å². The zero-order valence-electron chi connectivity index (χ0n) is 26.3. The quantitative estimate of drug-likeness (QED) is 0.280. The molecule has 2 N–H and O–H groups in total. The van der Waals surface area contributed by atoms with E-state index in [1.165, 1.54) is 16.0 Å². The summed E-state index contributed by atoms with van der Waals surface area (Å²) in [4.78, 5) is 32.3. The van der Waals surface area contributed by atoms with Crippen molar-refractivity contribution in [1.29, 1.82) is 5.26 Å². The van der Waals surface area contributed by atoms with Gasteiger partial charge in [0, 0.05) is 48.8 Å². The molecular formula is C31H38N10O3S. The Balaban J connectivity index is 1.31. The number of ether oxygens (including phenoxy) is 1. The van der Waals surface area contributed by atoms with Crippen LogP contribution in [0.25, 0.3) is 11.6 Å². The third kappa shape index (κ3) is 5.89. The predicted molar refractivity (Wildman–Crippen MR) is 169 cm³/mol. The van der Waals surface area contributed by atoms with E-state index in [-0.39, 0.29) is 36.1 Å². The van der Waals surface area contributed by atoms with Gasteiger partial charge < -0.3 is 19.9 Å². The molecule has 0 unspecified atom stereocenters. The minimum atomic E-state index is -0.668. The Bertz CT molecular complexity index is 1760. The highest BCUT2D eigenvalue weighted by atomic mass is 32.1. The lowest BCUT2D eigenvalue weighted by atomic mass is 9.72. The number of aryl methyl sites for hydroxylation is 2. The minimum absolute atomic E-state index is 0.114. The SMILES string of the molecule is Cc1ccn(C(=O)CCN(C)c2cc(O[C@@H](C)[C@@H]3CCCN3C)nc(-c3noc([C@]4(C)CCCc5sc(N)c(C#N)c54)n3)n2)n1. The number of hydrogen-bond donors (Lipinski definition) is 1. The molecule has 2 aliphatic rings. The number of rotatable bonds is 9. The lowest BCUT2D eigenvalue weighted by Gasteiger charge is -2.30. The molecule has 0 saturated carbocycles. The molecule has 1 aliphatic heterocycles. The largest absolute Gasteiger partial charge is 0.473 e. The van der Waals surface area contributed by atoms with Crippen molar-refractivity contribution in [2.45, 2.75) is 76.9 Å². The number of nitrogens with zero attached hydrogens (tertiary/aromatic N) is 9. The van der Waals surface area contributed by atoms with Crippen LogP contribution in [-0.2, 0) is 11.8 Å². The molecule has 236 valence electrons. The number of aromatic nitrogens is 6. The lowest BCUT2D eigenvalue weighted by molar-refractivity contribution is 0.0889. The number of anilines is 2. The number of nitrogen functional groups attached to an aromatic ring is 1. The Morgan fingerprint density at radius 3 is 2.87 bits per heavy atom. The van der Waals surface area contributed by atoms with Crippen LogP contribution in [0.2, 0.25) is 0 Å². The number of likely N-dealkylation sites (N-methyl/N-ethyl adjacent to an activating group) is 1. The van der Waals surface area contributed by atoms with Gasteiger partial charge in [0.15, 0.2) is 0 Å². The molecule has 0 bridgehead atoms. The van der Waals surface area contributed by atoms with E-state index in [0.29, 0.717) is 34.7 Å². The topological polar surface area (TPSA) is 165 Å². The number of nitriles is 1. The number of likely N-dealkylation sites (tertiary alicyclic amines) is 1. The van der Waals surface area contributed by atoms with E-state index in [4.69, 9.17) is 29.9 Å². The Hall–Kier alpha value is -4.35. The number of thiophene rings is 1. The van der Waals surface area contributed by atoms with Gasteiger partial charge in [0.2, 0.25) is 29.3 Å². The van der Waals surface area contributed by atoms with Crippen LogP contribution in [0, 0.1) is 18.3 Å². The Morgan fingerprint density at radius 1 is 1.33 bits per heavy atom. The van der Waals surface area contributed by atoms with Gasteiger partial charge in [0.1, 0.15) is 23.0 Å². The van der Waals surface area contributed by atoms with Crippen LogP contribution in [0.15, 0.2) is 22.9 Å². The standard InChI is InChI=1S/C31H38N10O3S/c1-18-10-15-41(37-18)25(42)11-14-40(5)23-16-24(43-19(2)21-8-7-13-39(21)4)35-28(34-23)29-36-30(44-38-29)31(3)12-6-9-22-26(31)20(17-32)27(33)45-22/h10,15-16,19,21H,6-9,11-14,33H2,1-5H3/t19-,21-,31+/m0/s1. The first-order chi connectivity index (χ1) is 21.6. The van der Waals surface area contributed by atoms with Crippen molar-refractivity contribution in [2.24, 2.45) is 0 Å². The number of fused-ring (bicyclic) bond motifs is 1. The molecule has 14 heteroatoms. The van der Waals surface area contributed by atoms with E-state index in [9.17, 15) is 10.1 Å². The van der Waals surface area contributed by atoms with Crippen LogP contribution >= 0.6 is 11.3 Å². The molecule has 1 saturated heterocycles. The third-order valence-corrected chi connectivity index (χ3v) is 10.1.